The number of hydrogen-bond acceptors (Lipinski definition) is 15. The highest BCUT2D eigenvalue weighted by atomic mass is 31.2. The van der Waals surface area contributed by atoms with Crippen LogP contribution in [0.1, 0.15) is 18.7 Å². The van der Waals surface area contributed by atoms with Crippen LogP contribution >= 0.6 is 16.1 Å². The molecule has 2 saturated heterocycles. The molecule has 5 N–H and O–H groups in total. The number of phosphoric acid groups is 1. The molecule has 1 aliphatic carbocycles. The number of alkyl halides is 1. The van der Waals surface area contributed by atoms with Crippen LogP contribution in [-0.2, 0) is 32.0 Å². The fraction of sp³-hybridized carbons (Fsp3) is 0.524. The van der Waals surface area contributed by atoms with Gasteiger partial charge in [-0.3, -0.25) is 18.2 Å². The Bertz CT molecular complexity index is 1720. The molecule has 2 unspecified atom stereocenters. The number of anilines is 2. The highest BCUT2D eigenvalue weighted by Crippen LogP contribution is 2.53. The molecule has 7 rings (SSSR count). The Morgan fingerprint density at radius 1 is 0.952 bits per heavy atom. The second-order valence-corrected chi connectivity index (χ2v) is 12.6. The molecule has 21 heteroatoms. The Morgan fingerprint density at radius 2 is 1.60 bits per heavy atom. The van der Waals surface area contributed by atoms with Crippen molar-refractivity contribution < 1.29 is 41.2 Å². The minimum absolute atomic E-state index is 0.0290. The molecule has 42 heavy (non-hydrogen) atoms. The van der Waals surface area contributed by atoms with Crippen LogP contribution in [0.3, 0.4) is 0 Å². The Kier molecular flexibility index (Phi) is 6.94. The second kappa shape index (κ2) is 10.5. The summed E-state index contributed by atoms with van der Waals surface area (Å²) >= 11 is 0. The molecule has 18 nitrogen and oxygen atoms in total. The maximum Gasteiger partial charge on any atom is 0.472 e. The van der Waals surface area contributed by atoms with Crippen LogP contribution in [0, 0.1) is 11.8 Å². The van der Waals surface area contributed by atoms with Gasteiger partial charge in [0.05, 0.1) is 32.5 Å². The molecule has 2 aliphatic heterocycles. The third kappa shape index (κ3) is 4.75. The quantitative estimate of drug-likeness (QED) is 0.265. The SMILES string of the molecule is Nc1ncnc2c1ncn2[C@@H]1C[C@@H]2COP(=O)(O)O[C@H]3[C@@H](F)[C@H](n4cnc5c(N)ncnc54)O[C@@H]3CO[PH](=O)OC[C@H]21. The van der Waals surface area contributed by atoms with Gasteiger partial charge in [0.25, 0.3) is 0 Å². The molecule has 3 fully saturated rings. The molecule has 3 aliphatic rings. The van der Waals surface area contributed by atoms with Crippen LogP contribution in [-0.4, -0.2) is 82.1 Å². The lowest BCUT2D eigenvalue weighted by Gasteiger charge is -2.44. The van der Waals surface area contributed by atoms with Crippen LogP contribution < -0.4 is 11.5 Å². The standard InChI is InChI=1S/C21H25FN10O8P2/c22-13-16-12(39-21(13)32-8-30-15-18(24)26-6-28-20(15)32)4-37-41(33)36-3-10-9(2-38-42(34,35)40-16)1-11(10)31-7-29-14-17(23)25-5-27-19(14)31/h5-13,16,21,41H,1-4H2,(H,34,35)(H2,23,25,27)(H2,24,26,28)/t9-,10-,11-,12-,13-,16-,21-/m1/s1. The minimum atomic E-state index is -4.80. The van der Waals surface area contributed by atoms with Gasteiger partial charge in [-0.1, -0.05) is 0 Å². The summed E-state index contributed by atoms with van der Waals surface area (Å²) in [7, 11) is -7.90. The molecule has 1 saturated carbocycles. The van der Waals surface area contributed by atoms with E-state index in [2.05, 4.69) is 29.9 Å². The molecule has 4 aromatic rings. The number of aromatic nitrogens is 8. The van der Waals surface area contributed by atoms with Crippen molar-refractivity contribution in [2.45, 2.75) is 37.1 Å². The third-order valence-electron chi connectivity index (χ3n) is 7.78. The highest BCUT2D eigenvalue weighted by molar-refractivity contribution is 7.47. The van der Waals surface area contributed by atoms with Crippen molar-refractivity contribution in [3.05, 3.63) is 25.3 Å². The van der Waals surface area contributed by atoms with Crippen molar-refractivity contribution in [1.29, 1.82) is 0 Å². The summed E-state index contributed by atoms with van der Waals surface area (Å²) in [5, 5.41) is 0. The smallest absolute Gasteiger partial charge is 0.382 e. The van der Waals surface area contributed by atoms with Crippen LogP contribution in [0.25, 0.3) is 22.3 Å². The van der Waals surface area contributed by atoms with E-state index in [9.17, 15) is 14.0 Å². The number of rotatable bonds is 2. The minimum Gasteiger partial charge on any atom is -0.382 e. The first kappa shape index (κ1) is 27.7. The highest BCUT2D eigenvalue weighted by Gasteiger charge is 2.52. The van der Waals surface area contributed by atoms with Crippen molar-refractivity contribution in [3.8, 4) is 0 Å². The van der Waals surface area contributed by atoms with Gasteiger partial charge in [-0.05, 0) is 12.3 Å². The summed E-state index contributed by atoms with van der Waals surface area (Å²) in [6.07, 6.45) is -0.493. The topological polar surface area (TPSA) is 240 Å². The zero-order valence-corrected chi connectivity index (χ0v) is 23.4. The lowest BCUT2D eigenvalue weighted by atomic mass is 9.70. The number of phosphoric ester groups is 1. The molecule has 0 amide bonds. The summed E-state index contributed by atoms with van der Waals surface area (Å²) in [4.78, 5) is 35.1. The van der Waals surface area contributed by atoms with Gasteiger partial charge in [0, 0.05) is 12.0 Å². The first-order chi connectivity index (χ1) is 20.2. The van der Waals surface area contributed by atoms with Gasteiger partial charge < -0.3 is 34.7 Å². The number of ether oxygens (including phenoxy) is 1. The molecule has 0 aromatic carbocycles. The fourth-order valence-corrected chi connectivity index (χ4v) is 7.33. The van der Waals surface area contributed by atoms with Crippen LogP contribution in [0.15, 0.2) is 25.3 Å². The molecule has 0 bridgehead atoms. The van der Waals surface area contributed by atoms with Crippen LogP contribution in [0.5, 0.6) is 0 Å². The van der Waals surface area contributed by atoms with Crippen molar-refractivity contribution in [3.63, 3.8) is 0 Å². The molecule has 0 radical (unpaired) electrons. The normalized spacial score (nSPS) is 36.0. The number of imidazole rings is 2. The molecule has 4 aromatic heterocycles. The van der Waals surface area contributed by atoms with Gasteiger partial charge >= 0.3 is 16.1 Å². The first-order valence-electron chi connectivity index (χ1n) is 12.8. The van der Waals surface area contributed by atoms with Gasteiger partial charge in [-0.25, -0.2) is 38.9 Å². The number of halogens is 1. The molecule has 9 atom stereocenters. The van der Waals surface area contributed by atoms with E-state index in [1.165, 1.54) is 23.5 Å². The van der Waals surface area contributed by atoms with Crippen molar-refractivity contribution in [2.75, 3.05) is 31.3 Å². The predicted molar refractivity (Wildman–Crippen MR) is 140 cm³/mol. The molecule has 6 heterocycles. The van der Waals surface area contributed by atoms with Gasteiger partial charge in [0.2, 0.25) is 0 Å². The Labute approximate surface area is 236 Å². The van der Waals surface area contributed by atoms with E-state index in [-0.39, 0.29) is 53.9 Å². The van der Waals surface area contributed by atoms with E-state index < -0.39 is 47.3 Å². The van der Waals surface area contributed by atoms with Gasteiger partial charge in [-0.2, -0.15) is 0 Å². The summed E-state index contributed by atoms with van der Waals surface area (Å²) in [6.45, 7) is -0.716. The average molecular weight is 626 g/mol. The molecule has 224 valence electrons. The first-order valence-corrected chi connectivity index (χ1v) is 15.5. The predicted octanol–water partition coefficient (Wildman–Crippen LogP) is 1.18. The number of nitrogens with two attached hydrogens (primary N) is 2. The zero-order valence-electron chi connectivity index (χ0n) is 21.5. The number of nitrogen functional groups attached to an aromatic ring is 2. The fourth-order valence-electron chi connectivity index (χ4n) is 5.61. The van der Waals surface area contributed by atoms with E-state index in [0.29, 0.717) is 17.6 Å². The summed E-state index contributed by atoms with van der Waals surface area (Å²) in [6, 6.07) is -0.224. The van der Waals surface area contributed by atoms with Crippen molar-refractivity contribution in [2.24, 2.45) is 11.8 Å². The van der Waals surface area contributed by atoms with Crippen LogP contribution in [0.4, 0.5) is 16.0 Å². The van der Waals surface area contributed by atoms with E-state index >= 15 is 4.39 Å². The number of nitrogens with zero attached hydrogens (tertiary/aromatic N) is 8. The second-order valence-electron chi connectivity index (χ2n) is 10.1. The number of hydrogen-bond donors (Lipinski definition) is 3. The summed E-state index contributed by atoms with van der Waals surface area (Å²) < 4.78 is 72.0. The zero-order chi connectivity index (χ0) is 29.2. The Morgan fingerprint density at radius 3 is 2.31 bits per heavy atom. The average Bonchev–Trinajstić information content (AvgIpc) is 3.64. The van der Waals surface area contributed by atoms with E-state index in [0.717, 1.165) is 0 Å². The number of fused-ring (bicyclic) bond motifs is 4. The van der Waals surface area contributed by atoms with Crippen molar-refractivity contribution in [1.82, 2.24) is 39.0 Å². The molecular formula is C21H25FN10O8P2. The maximum atomic E-state index is 15.8. The molecular weight excluding hydrogens is 601 g/mol. The van der Waals surface area contributed by atoms with Gasteiger partial charge in [0.15, 0.2) is 35.3 Å². The largest absolute Gasteiger partial charge is 0.472 e. The van der Waals surface area contributed by atoms with Crippen LogP contribution in [0.2, 0.25) is 0 Å². The maximum absolute atomic E-state index is 15.8. The monoisotopic (exact) mass is 626 g/mol. The Hall–Kier alpha value is -3.15. The summed E-state index contributed by atoms with van der Waals surface area (Å²) in [5.74, 6) is -0.331. The summed E-state index contributed by atoms with van der Waals surface area (Å²) in [5.41, 5.74) is 13.1. The third-order valence-corrected chi connectivity index (χ3v) is 9.57. The van der Waals surface area contributed by atoms with E-state index in [1.54, 1.807) is 10.9 Å². The van der Waals surface area contributed by atoms with Gasteiger partial charge in [-0.15, -0.1) is 0 Å². The molecule has 0 spiro atoms. The van der Waals surface area contributed by atoms with E-state index in [4.69, 9.17) is 34.3 Å². The lowest BCUT2D eigenvalue weighted by Crippen LogP contribution is -2.43. The lowest BCUT2D eigenvalue weighted by molar-refractivity contribution is -0.0423. The van der Waals surface area contributed by atoms with E-state index in [1.807, 2.05) is 0 Å². The van der Waals surface area contributed by atoms with Gasteiger partial charge in [0.1, 0.15) is 35.9 Å². The Balaban J connectivity index is 1.12. The van der Waals surface area contributed by atoms with Crippen molar-refractivity contribution >= 4 is 50.0 Å².